The Morgan fingerprint density at radius 3 is 2.86 bits per heavy atom. The van der Waals surface area contributed by atoms with Gasteiger partial charge in [-0.2, -0.15) is 0 Å². The molecule has 0 saturated carbocycles. The van der Waals surface area contributed by atoms with Crippen LogP contribution in [0.15, 0.2) is 12.1 Å². The van der Waals surface area contributed by atoms with Crippen LogP contribution in [0.2, 0.25) is 0 Å². The third-order valence-corrected chi connectivity index (χ3v) is 6.03. The van der Waals surface area contributed by atoms with Crippen LogP contribution in [0.25, 0.3) is 0 Å². The third-order valence-electron chi connectivity index (χ3n) is 5.70. The lowest BCUT2D eigenvalue weighted by molar-refractivity contribution is 0.0705. The number of aromatic amines is 1. The van der Waals surface area contributed by atoms with Crippen molar-refractivity contribution in [2.75, 3.05) is 19.8 Å². The number of H-pyrrole nitrogens is 1. The van der Waals surface area contributed by atoms with Gasteiger partial charge in [-0.3, -0.25) is 0 Å². The minimum atomic E-state index is -1.09. The van der Waals surface area contributed by atoms with E-state index in [1.165, 1.54) is 0 Å². The van der Waals surface area contributed by atoms with Crippen molar-refractivity contribution < 1.29 is 17.9 Å². The second kappa shape index (κ2) is 8.39. The van der Waals surface area contributed by atoms with Crippen LogP contribution in [-0.4, -0.2) is 35.4 Å². The minimum absolute atomic E-state index is 0.178. The first kappa shape index (κ1) is 19.7. The number of aromatic nitrogens is 2. The Labute approximate surface area is 167 Å². The van der Waals surface area contributed by atoms with E-state index in [-0.39, 0.29) is 5.56 Å². The highest BCUT2D eigenvalue weighted by Crippen LogP contribution is 2.35. The molecule has 28 heavy (non-hydrogen) atoms. The number of fused-ring (bicyclic) bond motifs is 1. The number of hydrogen-bond donors (Lipinski definition) is 2. The molecule has 2 aromatic rings. The normalized spacial score (nSPS) is 21.8. The summed E-state index contributed by atoms with van der Waals surface area (Å²) in [5.41, 5.74) is 1.80. The molecule has 1 saturated heterocycles. The monoisotopic (exact) mass is 411 g/mol. The second-order valence-corrected chi connectivity index (χ2v) is 7.98. The highest BCUT2D eigenvalue weighted by Gasteiger charge is 2.31. The summed E-state index contributed by atoms with van der Waals surface area (Å²) in [5.74, 6) is -3.26. The lowest BCUT2D eigenvalue weighted by Gasteiger charge is -2.23. The van der Waals surface area contributed by atoms with Gasteiger partial charge in [0.15, 0.2) is 16.4 Å². The van der Waals surface area contributed by atoms with Crippen LogP contribution in [0.4, 0.5) is 13.2 Å². The van der Waals surface area contributed by atoms with Gasteiger partial charge in [0, 0.05) is 42.1 Å². The Balaban J connectivity index is 1.41. The van der Waals surface area contributed by atoms with E-state index in [2.05, 4.69) is 10.3 Å². The van der Waals surface area contributed by atoms with Crippen LogP contribution in [0.3, 0.4) is 0 Å². The number of hydrogen-bond acceptors (Lipinski definition) is 3. The summed E-state index contributed by atoms with van der Waals surface area (Å²) in [5, 5.41) is 3.51. The summed E-state index contributed by atoms with van der Waals surface area (Å²) in [4.78, 5) is 3.23. The SMILES string of the molecule is Fc1ccc(F)c(C2Cc3c(CCCN[C@H]4CCCOC4)[nH]c(=S)n3C2)c1F. The molecule has 0 spiro atoms. The Morgan fingerprint density at radius 2 is 2.07 bits per heavy atom. The van der Waals surface area contributed by atoms with Crippen LogP contribution in [0, 0.1) is 22.2 Å². The fourth-order valence-corrected chi connectivity index (χ4v) is 4.60. The van der Waals surface area contributed by atoms with E-state index >= 15 is 0 Å². The summed E-state index contributed by atoms with van der Waals surface area (Å²) < 4.78 is 49.9. The van der Waals surface area contributed by atoms with E-state index in [4.69, 9.17) is 17.0 Å². The van der Waals surface area contributed by atoms with Gasteiger partial charge < -0.3 is 19.6 Å². The van der Waals surface area contributed by atoms with Crippen molar-refractivity contribution in [3.63, 3.8) is 0 Å². The number of ether oxygens (including phenoxy) is 1. The van der Waals surface area contributed by atoms with E-state index in [0.717, 1.165) is 69.0 Å². The molecule has 1 aromatic heterocycles. The Hall–Kier alpha value is -1.64. The Bertz CT molecular complexity index is 905. The average Bonchev–Trinajstić information content (AvgIpc) is 3.24. The number of nitrogens with one attached hydrogen (secondary N) is 2. The molecular formula is C20H24F3N3OS. The molecule has 4 nitrogen and oxygen atoms in total. The molecule has 4 rings (SSSR count). The van der Waals surface area contributed by atoms with Gasteiger partial charge in [-0.25, -0.2) is 13.2 Å². The molecule has 0 bridgehead atoms. The largest absolute Gasteiger partial charge is 0.380 e. The average molecular weight is 411 g/mol. The van der Waals surface area contributed by atoms with Crippen LogP contribution in [-0.2, 0) is 24.1 Å². The van der Waals surface area contributed by atoms with Crippen molar-refractivity contribution in [2.45, 2.75) is 50.6 Å². The first-order chi connectivity index (χ1) is 13.5. The van der Waals surface area contributed by atoms with Gasteiger partial charge in [-0.05, 0) is 63.0 Å². The Kier molecular flexibility index (Phi) is 5.89. The number of benzene rings is 1. The van der Waals surface area contributed by atoms with Crippen molar-refractivity contribution in [2.24, 2.45) is 0 Å². The van der Waals surface area contributed by atoms with Crippen molar-refractivity contribution in [1.82, 2.24) is 14.9 Å². The van der Waals surface area contributed by atoms with Crippen LogP contribution >= 0.6 is 12.2 Å². The summed E-state index contributed by atoms with van der Waals surface area (Å²) in [7, 11) is 0. The van der Waals surface area contributed by atoms with Crippen LogP contribution in [0.5, 0.6) is 0 Å². The molecule has 1 unspecified atom stereocenters. The molecule has 1 fully saturated rings. The molecule has 2 N–H and O–H groups in total. The van der Waals surface area contributed by atoms with Gasteiger partial charge in [-0.15, -0.1) is 0 Å². The maximum Gasteiger partial charge on any atom is 0.177 e. The number of halogens is 3. The summed E-state index contributed by atoms with van der Waals surface area (Å²) in [6.45, 7) is 2.84. The second-order valence-electron chi connectivity index (χ2n) is 7.60. The van der Waals surface area contributed by atoms with Gasteiger partial charge in [0.25, 0.3) is 0 Å². The maximum absolute atomic E-state index is 14.2. The number of rotatable bonds is 6. The molecule has 2 atom stereocenters. The summed E-state index contributed by atoms with van der Waals surface area (Å²) >= 11 is 5.39. The molecule has 1 aromatic carbocycles. The van der Waals surface area contributed by atoms with Gasteiger partial charge in [0.1, 0.15) is 5.82 Å². The van der Waals surface area contributed by atoms with Crippen molar-refractivity contribution in [3.8, 4) is 0 Å². The summed E-state index contributed by atoms with van der Waals surface area (Å²) in [6, 6.07) is 2.23. The van der Waals surface area contributed by atoms with Gasteiger partial charge in [-0.1, -0.05) is 0 Å². The van der Waals surface area contributed by atoms with Gasteiger partial charge in [0.2, 0.25) is 0 Å². The topological polar surface area (TPSA) is 42.0 Å². The van der Waals surface area contributed by atoms with E-state index in [1.54, 1.807) is 0 Å². The first-order valence-corrected chi connectivity index (χ1v) is 10.2. The zero-order chi connectivity index (χ0) is 19.7. The van der Waals surface area contributed by atoms with E-state index in [9.17, 15) is 13.2 Å². The number of aryl methyl sites for hydroxylation is 1. The molecule has 2 aliphatic heterocycles. The Morgan fingerprint density at radius 1 is 1.25 bits per heavy atom. The molecular weight excluding hydrogens is 387 g/mol. The lowest BCUT2D eigenvalue weighted by atomic mass is 9.95. The first-order valence-electron chi connectivity index (χ1n) is 9.79. The van der Waals surface area contributed by atoms with Crippen LogP contribution in [0.1, 0.15) is 42.1 Å². The number of nitrogens with zero attached hydrogens (tertiary/aromatic N) is 1. The van der Waals surface area contributed by atoms with Gasteiger partial charge >= 0.3 is 0 Å². The van der Waals surface area contributed by atoms with E-state index < -0.39 is 23.4 Å². The predicted octanol–water partition coefficient (Wildman–Crippen LogP) is 4.00. The minimum Gasteiger partial charge on any atom is -0.380 e. The van der Waals surface area contributed by atoms with E-state index in [1.807, 2.05) is 4.57 Å². The summed E-state index contributed by atoms with van der Waals surface area (Å²) in [6.07, 6.45) is 4.39. The fraction of sp³-hybridized carbons (Fsp3) is 0.550. The third kappa shape index (κ3) is 3.90. The molecule has 2 aliphatic rings. The molecule has 3 heterocycles. The smallest absolute Gasteiger partial charge is 0.177 e. The molecule has 152 valence electrons. The fourth-order valence-electron chi connectivity index (χ4n) is 4.29. The quantitative estimate of drug-likeness (QED) is 0.429. The number of imidazole rings is 1. The molecule has 0 aliphatic carbocycles. The zero-order valence-electron chi connectivity index (χ0n) is 15.6. The van der Waals surface area contributed by atoms with E-state index in [0.29, 0.717) is 23.8 Å². The van der Waals surface area contributed by atoms with Gasteiger partial charge in [0.05, 0.1) is 6.61 Å². The zero-order valence-corrected chi connectivity index (χ0v) is 16.4. The standard InChI is InChI=1S/C20H24F3N3OS/c21-14-5-6-15(22)19(23)18(14)12-9-17-16(25-20(28)26(17)10-12)4-1-7-24-13-3-2-8-27-11-13/h5-6,12-13,24H,1-4,7-11H2,(H,25,28)/t12?,13-/m0/s1. The lowest BCUT2D eigenvalue weighted by Crippen LogP contribution is -2.37. The van der Waals surface area contributed by atoms with Crippen LogP contribution < -0.4 is 5.32 Å². The highest BCUT2D eigenvalue weighted by atomic mass is 32.1. The van der Waals surface area contributed by atoms with Crippen molar-refractivity contribution in [3.05, 3.63) is 51.3 Å². The maximum atomic E-state index is 14.2. The molecule has 8 heteroatoms. The highest BCUT2D eigenvalue weighted by molar-refractivity contribution is 7.71. The molecule has 0 amide bonds. The van der Waals surface area contributed by atoms with Crippen molar-refractivity contribution >= 4 is 12.2 Å². The predicted molar refractivity (Wildman–Crippen MR) is 103 cm³/mol. The van der Waals surface area contributed by atoms with Crippen molar-refractivity contribution in [1.29, 1.82) is 0 Å². The molecule has 0 radical (unpaired) electrons.